The second-order valence-corrected chi connectivity index (χ2v) is 4.30. The summed E-state index contributed by atoms with van der Waals surface area (Å²) in [6, 6.07) is 13.1. The minimum atomic E-state index is -0.0524. The Morgan fingerprint density at radius 2 is 2.05 bits per heavy atom. The van der Waals surface area contributed by atoms with E-state index in [0.717, 1.165) is 11.1 Å². The second-order valence-electron chi connectivity index (χ2n) is 4.30. The monoisotopic (exact) mass is 253 g/mol. The fourth-order valence-corrected chi connectivity index (χ4v) is 1.65. The summed E-state index contributed by atoms with van der Waals surface area (Å²) >= 11 is 0. The minimum absolute atomic E-state index is 0.0524. The topological polar surface area (TPSA) is 71.9 Å². The molecule has 0 saturated heterocycles. The molecule has 0 fully saturated rings. The maximum absolute atomic E-state index is 8.60. The summed E-state index contributed by atoms with van der Waals surface area (Å²) in [5.41, 5.74) is 7.76. The van der Waals surface area contributed by atoms with Crippen LogP contribution in [0.4, 0.5) is 0 Å². The summed E-state index contributed by atoms with van der Waals surface area (Å²) < 4.78 is 5.65. The van der Waals surface area contributed by atoms with Crippen molar-refractivity contribution < 1.29 is 4.74 Å². The highest BCUT2D eigenvalue weighted by Crippen LogP contribution is 2.22. The zero-order chi connectivity index (χ0) is 13.7. The fraction of sp³-hybridized carbons (Fsp3) is 0.200. The maximum atomic E-state index is 8.60. The Hall–Kier alpha value is -2.38. The lowest BCUT2D eigenvalue weighted by Gasteiger charge is -2.08. The van der Waals surface area contributed by atoms with Gasteiger partial charge in [0.2, 0.25) is 5.88 Å². The molecule has 96 valence electrons. The Balaban J connectivity index is 2.12. The van der Waals surface area contributed by atoms with Gasteiger partial charge >= 0.3 is 0 Å². The second kappa shape index (κ2) is 5.98. The number of benzene rings is 1. The molecule has 0 amide bonds. The van der Waals surface area contributed by atoms with Crippen LogP contribution in [0.2, 0.25) is 0 Å². The van der Waals surface area contributed by atoms with E-state index in [9.17, 15) is 0 Å². The van der Waals surface area contributed by atoms with Crippen molar-refractivity contribution in [3.05, 3.63) is 53.7 Å². The number of nitriles is 1. The first-order valence-corrected chi connectivity index (χ1v) is 6.04. The summed E-state index contributed by atoms with van der Waals surface area (Å²) in [5.74, 6) is 1.21. The smallest absolute Gasteiger partial charge is 0.219 e. The van der Waals surface area contributed by atoms with E-state index in [1.807, 2.05) is 43.3 Å². The van der Waals surface area contributed by atoms with E-state index in [-0.39, 0.29) is 6.04 Å². The third-order valence-corrected chi connectivity index (χ3v) is 2.71. The van der Waals surface area contributed by atoms with E-state index in [0.29, 0.717) is 18.1 Å². The lowest BCUT2D eigenvalue weighted by molar-refractivity contribution is 0.461. The largest absolute Gasteiger partial charge is 0.439 e. The highest BCUT2D eigenvalue weighted by atomic mass is 16.5. The van der Waals surface area contributed by atoms with E-state index >= 15 is 0 Å². The molecule has 19 heavy (non-hydrogen) atoms. The molecule has 1 aromatic carbocycles. The van der Waals surface area contributed by atoms with Gasteiger partial charge in [0.15, 0.2) is 0 Å². The summed E-state index contributed by atoms with van der Waals surface area (Å²) in [4.78, 5) is 4.15. The Kier molecular flexibility index (Phi) is 4.11. The van der Waals surface area contributed by atoms with Crippen molar-refractivity contribution in [2.24, 2.45) is 5.73 Å². The van der Waals surface area contributed by atoms with Crippen LogP contribution in [0.5, 0.6) is 11.6 Å². The van der Waals surface area contributed by atoms with E-state index in [1.165, 1.54) is 0 Å². The van der Waals surface area contributed by atoms with Crippen LogP contribution in [0, 0.1) is 11.3 Å². The van der Waals surface area contributed by atoms with E-state index in [4.69, 9.17) is 15.7 Å². The number of nitrogens with zero attached hydrogens (tertiary/aromatic N) is 2. The standard InChI is InChI=1S/C15H15N3O/c1-11(17)13-7-9-18-15(10-13)19-14-4-2-12(3-5-14)6-8-16/h2-5,7,9-11H,6,17H2,1H3. The van der Waals surface area contributed by atoms with Crippen LogP contribution in [0.15, 0.2) is 42.6 Å². The number of rotatable bonds is 4. The molecule has 2 rings (SSSR count). The average Bonchev–Trinajstić information content (AvgIpc) is 2.42. The third kappa shape index (κ3) is 3.54. The zero-order valence-electron chi connectivity index (χ0n) is 10.7. The average molecular weight is 253 g/mol. The number of ether oxygens (including phenoxy) is 1. The molecular formula is C15H15N3O. The van der Waals surface area contributed by atoms with Crippen molar-refractivity contribution >= 4 is 0 Å². The van der Waals surface area contributed by atoms with Crippen LogP contribution >= 0.6 is 0 Å². The normalized spacial score (nSPS) is 11.6. The molecule has 0 radical (unpaired) electrons. The molecule has 0 aliphatic carbocycles. The van der Waals surface area contributed by atoms with Crippen molar-refractivity contribution in [1.29, 1.82) is 5.26 Å². The predicted octanol–water partition coefficient (Wildman–Crippen LogP) is 2.96. The molecule has 0 aliphatic rings. The van der Waals surface area contributed by atoms with Crippen molar-refractivity contribution in [2.45, 2.75) is 19.4 Å². The highest BCUT2D eigenvalue weighted by molar-refractivity contribution is 5.32. The summed E-state index contributed by atoms with van der Waals surface area (Å²) in [6.45, 7) is 1.91. The first kappa shape index (κ1) is 13.1. The lowest BCUT2D eigenvalue weighted by Crippen LogP contribution is -2.05. The number of pyridine rings is 1. The van der Waals surface area contributed by atoms with Crippen molar-refractivity contribution in [3.63, 3.8) is 0 Å². The van der Waals surface area contributed by atoms with Gasteiger partial charge in [-0.2, -0.15) is 5.26 Å². The molecule has 2 aromatic rings. The van der Waals surface area contributed by atoms with Gasteiger partial charge in [-0.05, 0) is 36.2 Å². The molecule has 2 N–H and O–H groups in total. The molecule has 1 aromatic heterocycles. The van der Waals surface area contributed by atoms with Gasteiger partial charge in [-0.15, -0.1) is 0 Å². The molecule has 1 unspecified atom stereocenters. The van der Waals surface area contributed by atoms with Gasteiger partial charge in [0.1, 0.15) is 5.75 Å². The van der Waals surface area contributed by atoms with E-state index < -0.39 is 0 Å². The number of nitrogens with two attached hydrogens (primary N) is 1. The molecule has 0 saturated carbocycles. The zero-order valence-corrected chi connectivity index (χ0v) is 10.7. The maximum Gasteiger partial charge on any atom is 0.219 e. The van der Waals surface area contributed by atoms with Gasteiger partial charge in [0.05, 0.1) is 12.5 Å². The third-order valence-electron chi connectivity index (χ3n) is 2.71. The summed E-state index contributed by atoms with van der Waals surface area (Å²) in [6.07, 6.45) is 2.08. The van der Waals surface area contributed by atoms with Crippen LogP contribution in [0.3, 0.4) is 0 Å². The van der Waals surface area contributed by atoms with Gasteiger partial charge in [-0.1, -0.05) is 12.1 Å². The Morgan fingerprint density at radius 1 is 1.32 bits per heavy atom. The SMILES string of the molecule is CC(N)c1ccnc(Oc2ccc(CC#N)cc2)c1. The summed E-state index contributed by atoms with van der Waals surface area (Å²) in [5, 5.41) is 8.60. The van der Waals surface area contributed by atoms with E-state index in [2.05, 4.69) is 11.1 Å². The molecule has 0 aliphatic heterocycles. The fourth-order valence-electron chi connectivity index (χ4n) is 1.65. The summed E-state index contributed by atoms with van der Waals surface area (Å²) in [7, 11) is 0. The van der Waals surface area contributed by atoms with Crippen LogP contribution < -0.4 is 10.5 Å². The van der Waals surface area contributed by atoms with Crippen LogP contribution in [-0.4, -0.2) is 4.98 Å². The van der Waals surface area contributed by atoms with Crippen LogP contribution in [0.25, 0.3) is 0 Å². The van der Waals surface area contributed by atoms with Gasteiger partial charge in [-0.25, -0.2) is 4.98 Å². The van der Waals surface area contributed by atoms with E-state index in [1.54, 1.807) is 6.20 Å². The number of hydrogen-bond acceptors (Lipinski definition) is 4. The number of aromatic nitrogens is 1. The van der Waals surface area contributed by atoms with Crippen molar-refractivity contribution in [2.75, 3.05) is 0 Å². The molecular weight excluding hydrogens is 238 g/mol. The van der Waals surface area contributed by atoms with Crippen LogP contribution in [-0.2, 0) is 6.42 Å². The Bertz CT molecular complexity index is 585. The Morgan fingerprint density at radius 3 is 2.68 bits per heavy atom. The molecule has 1 atom stereocenters. The number of hydrogen-bond donors (Lipinski definition) is 1. The minimum Gasteiger partial charge on any atom is -0.439 e. The van der Waals surface area contributed by atoms with Gasteiger partial charge in [0, 0.05) is 18.3 Å². The van der Waals surface area contributed by atoms with Gasteiger partial charge in [-0.3, -0.25) is 0 Å². The molecule has 4 nitrogen and oxygen atoms in total. The predicted molar refractivity (Wildman–Crippen MR) is 72.7 cm³/mol. The quantitative estimate of drug-likeness (QED) is 0.909. The van der Waals surface area contributed by atoms with Crippen molar-refractivity contribution in [1.82, 2.24) is 4.98 Å². The molecule has 0 bridgehead atoms. The first-order valence-electron chi connectivity index (χ1n) is 6.04. The van der Waals surface area contributed by atoms with Gasteiger partial charge in [0.25, 0.3) is 0 Å². The van der Waals surface area contributed by atoms with Crippen molar-refractivity contribution in [3.8, 4) is 17.7 Å². The van der Waals surface area contributed by atoms with Crippen LogP contribution in [0.1, 0.15) is 24.1 Å². The highest BCUT2D eigenvalue weighted by Gasteiger charge is 2.03. The molecule has 0 spiro atoms. The molecule has 4 heteroatoms. The van der Waals surface area contributed by atoms with Gasteiger partial charge < -0.3 is 10.5 Å². The lowest BCUT2D eigenvalue weighted by atomic mass is 10.1. The molecule has 1 heterocycles. The first-order chi connectivity index (χ1) is 9.19. The Labute approximate surface area is 112 Å².